The highest BCUT2D eigenvalue weighted by molar-refractivity contribution is 6.34. The number of rotatable bonds is 2. The van der Waals surface area contributed by atoms with Gasteiger partial charge in [0, 0.05) is 17.3 Å². The summed E-state index contributed by atoms with van der Waals surface area (Å²) in [6.45, 7) is 2.01. The largest absolute Gasteiger partial charge is 0.288 e. The molecule has 0 saturated heterocycles. The molecule has 0 bridgehead atoms. The minimum absolute atomic E-state index is 0.159. The van der Waals surface area contributed by atoms with E-state index in [1.165, 1.54) is 6.20 Å². The van der Waals surface area contributed by atoms with Gasteiger partial charge in [0.05, 0.1) is 10.6 Å². The molecule has 100 valence electrons. The van der Waals surface area contributed by atoms with E-state index in [1.54, 1.807) is 24.3 Å². The van der Waals surface area contributed by atoms with Gasteiger partial charge >= 0.3 is 0 Å². The highest BCUT2D eigenvalue weighted by Crippen LogP contribution is 2.32. The molecule has 1 aromatic carbocycles. The summed E-state index contributed by atoms with van der Waals surface area (Å²) in [7, 11) is 0. The smallest absolute Gasteiger partial charge is 0.212 e. The zero-order valence-electron chi connectivity index (χ0n) is 10.9. The van der Waals surface area contributed by atoms with E-state index in [4.69, 9.17) is 11.6 Å². The van der Waals surface area contributed by atoms with Gasteiger partial charge in [-0.3, -0.25) is 14.6 Å². The van der Waals surface area contributed by atoms with Crippen molar-refractivity contribution in [1.29, 1.82) is 0 Å². The van der Waals surface area contributed by atoms with Crippen molar-refractivity contribution in [3.05, 3.63) is 63.4 Å². The first kappa shape index (κ1) is 13.0. The molecule has 1 aliphatic carbocycles. The van der Waals surface area contributed by atoms with E-state index in [0.717, 1.165) is 12.0 Å². The molecule has 0 aliphatic heterocycles. The average Bonchev–Trinajstić information content (AvgIpc) is 2.47. The minimum atomic E-state index is -0.204. The molecule has 0 fully saturated rings. The maximum atomic E-state index is 12.7. The van der Waals surface area contributed by atoms with E-state index >= 15 is 0 Å². The molecule has 0 atom stereocenters. The average molecular weight is 286 g/mol. The van der Waals surface area contributed by atoms with E-state index in [-0.39, 0.29) is 17.3 Å². The second kappa shape index (κ2) is 4.84. The van der Waals surface area contributed by atoms with Crippen molar-refractivity contribution in [2.45, 2.75) is 19.8 Å². The summed E-state index contributed by atoms with van der Waals surface area (Å²) < 4.78 is 0. The monoisotopic (exact) mass is 285 g/mol. The number of fused-ring (bicyclic) bond motifs is 2. The highest BCUT2D eigenvalue weighted by atomic mass is 35.5. The van der Waals surface area contributed by atoms with Crippen molar-refractivity contribution in [3.63, 3.8) is 0 Å². The molecule has 1 aromatic heterocycles. The number of aromatic nitrogens is 1. The Bertz CT molecular complexity index is 737. The molecule has 3 nitrogen and oxygen atoms in total. The fourth-order valence-electron chi connectivity index (χ4n) is 2.58. The van der Waals surface area contributed by atoms with Crippen molar-refractivity contribution >= 4 is 23.2 Å². The predicted octanol–water partition coefficient (Wildman–Crippen LogP) is 3.46. The zero-order valence-corrected chi connectivity index (χ0v) is 11.7. The fourth-order valence-corrected chi connectivity index (χ4v) is 2.82. The Morgan fingerprint density at radius 1 is 1.10 bits per heavy atom. The normalized spacial score (nSPS) is 13.1. The maximum Gasteiger partial charge on any atom is 0.212 e. The number of pyridine rings is 1. The lowest BCUT2D eigenvalue weighted by Crippen LogP contribution is -2.24. The molecule has 0 saturated carbocycles. The Labute approximate surface area is 121 Å². The van der Waals surface area contributed by atoms with Crippen LogP contribution in [0.1, 0.15) is 50.9 Å². The number of ketones is 2. The molecule has 0 radical (unpaired) electrons. The molecule has 0 spiro atoms. The van der Waals surface area contributed by atoms with Crippen molar-refractivity contribution in [3.8, 4) is 0 Å². The first-order valence-electron chi connectivity index (χ1n) is 6.51. The quantitative estimate of drug-likeness (QED) is 0.724. The van der Waals surface area contributed by atoms with E-state index < -0.39 is 0 Å². The van der Waals surface area contributed by atoms with Gasteiger partial charge in [0.15, 0.2) is 5.78 Å². The van der Waals surface area contributed by atoms with Crippen LogP contribution < -0.4 is 0 Å². The molecule has 2 aromatic rings. The lowest BCUT2D eigenvalue weighted by atomic mass is 9.84. The van der Waals surface area contributed by atoms with Crippen LogP contribution in [0.3, 0.4) is 0 Å². The Balaban J connectivity index is 2.31. The van der Waals surface area contributed by atoms with Gasteiger partial charge in [-0.2, -0.15) is 0 Å². The molecular formula is C16H12ClNO2. The molecular weight excluding hydrogens is 274 g/mol. The van der Waals surface area contributed by atoms with E-state index in [0.29, 0.717) is 28.1 Å². The van der Waals surface area contributed by atoms with Crippen LogP contribution in [0.25, 0.3) is 0 Å². The van der Waals surface area contributed by atoms with Crippen molar-refractivity contribution in [2.24, 2.45) is 0 Å². The van der Waals surface area contributed by atoms with Gasteiger partial charge in [-0.25, -0.2) is 0 Å². The minimum Gasteiger partial charge on any atom is -0.288 e. The van der Waals surface area contributed by atoms with Crippen molar-refractivity contribution in [2.75, 3.05) is 0 Å². The predicted molar refractivity (Wildman–Crippen MR) is 76.5 cm³/mol. The third kappa shape index (κ3) is 1.78. The second-order valence-corrected chi connectivity index (χ2v) is 5.17. The van der Waals surface area contributed by atoms with Crippen LogP contribution in [0.4, 0.5) is 0 Å². The van der Waals surface area contributed by atoms with Crippen LogP contribution in [-0.2, 0) is 6.42 Å². The summed E-state index contributed by atoms with van der Waals surface area (Å²) in [4.78, 5) is 29.2. The van der Waals surface area contributed by atoms with Crippen LogP contribution in [0.2, 0.25) is 5.02 Å². The summed E-state index contributed by atoms with van der Waals surface area (Å²) in [5.74, 6) is -0.363. The van der Waals surface area contributed by atoms with E-state index in [9.17, 15) is 9.59 Å². The van der Waals surface area contributed by atoms with Crippen LogP contribution in [-0.4, -0.2) is 16.6 Å². The first-order valence-corrected chi connectivity index (χ1v) is 6.88. The van der Waals surface area contributed by atoms with Crippen LogP contribution in [0, 0.1) is 0 Å². The summed E-state index contributed by atoms with van der Waals surface area (Å²) in [5, 5.41) is 0.450. The Morgan fingerprint density at radius 3 is 2.40 bits per heavy atom. The molecule has 0 N–H and O–H groups in total. The number of nitrogens with zero attached hydrogens (tertiary/aromatic N) is 1. The zero-order chi connectivity index (χ0) is 14.3. The standard InChI is InChI=1S/C16H12ClNO2/c1-2-5-11-12(17)8-18-14-13(11)15(19)9-6-3-4-7-10(9)16(14)20/h3-4,6-8H,2,5H2,1H3. The molecule has 20 heavy (non-hydrogen) atoms. The lowest BCUT2D eigenvalue weighted by Gasteiger charge is -2.19. The maximum absolute atomic E-state index is 12.7. The van der Waals surface area contributed by atoms with E-state index in [2.05, 4.69) is 4.98 Å². The molecule has 1 aliphatic rings. The summed E-state index contributed by atoms with van der Waals surface area (Å²) in [6, 6.07) is 6.84. The van der Waals surface area contributed by atoms with Gasteiger partial charge in [-0.05, 0) is 12.0 Å². The fraction of sp³-hybridized carbons (Fsp3) is 0.188. The van der Waals surface area contributed by atoms with Crippen LogP contribution in [0.15, 0.2) is 30.5 Å². The number of hydrogen-bond acceptors (Lipinski definition) is 3. The van der Waals surface area contributed by atoms with E-state index in [1.807, 2.05) is 6.92 Å². The SMILES string of the molecule is CCCc1c(Cl)cnc2c1C(=O)c1ccccc1C2=O. The summed E-state index contributed by atoms with van der Waals surface area (Å²) in [6.07, 6.45) is 2.97. The Kier molecular flexibility index (Phi) is 3.14. The molecule has 3 rings (SSSR count). The highest BCUT2D eigenvalue weighted by Gasteiger charge is 2.33. The lowest BCUT2D eigenvalue weighted by molar-refractivity contribution is 0.0974. The van der Waals surface area contributed by atoms with Crippen LogP contribution in [0.5, 0.6) is 0 Å². The number of carbonyl (C=O) groups is 2. The van der Waals surface area contributed by atoms with Crippen LogP contribution >= 0.6 is 11.6 Å². The number of halogens is 1. The number of carbonyl (C=O) groups excluding carboxylic acids is 2. The summed E-state index contributed by atoms with van der Waals surface area (Å²) in [5.41, 5.74) is 2.19. The first-order chi connectivity index (χ1) is 9.65. The van der Waals surface area contributed by atoms with Gasteiger partial charge < -0.3 is 0 Å². The van der Waals surface area contributed by atoms with Crippen molar-refractivity contribution in [1.82, 2.24) is 4.98 Å². The second-order valence-electron chi connectivity index (χ2n) is 4.76. The Morgan fingerprint density at radius 2 is 1.75 bits per heavy atom. The Hall–Kier alpha value is -2.00. The third-order valence-corrected chi connectivity index (χ3v) is 3.82. The number of hydrogen-bond donors (Lipinski definition) is 0. The molecule has 0 amide bonds. The molecule has 4 heteroatoms. The van der Waals surface area contributed by atoms with Gasteiger partial charge in [-0.1, -0.05) is 49.2 Å². The third-order valence-electron chi connectivity index (χ3n) is 3.49. The van der Waals surface area contributed by atoms with Gasteiger partial charge in [0.1, 0.15) is 5.69 Å². The number of benzene rings is 1. The van der Waals surface area contributed by atoms with Gasteiger partial charge in [-0.15, -0.1) is 0 Å². The van der Waals surface area contributed by atoms with Gasteiger partial charge in [0.2, 0.25) is 5.78 Å². The topological polar surface area (TPSA) is 47.0 Å². The molecule has 1 heterocycles. The van der Waals surface area contributed by atoms with Gasteiger partial charge in [0.25, 0.3) is 0 Å². The molecule has 0 unspecified atom stereocenters. The summed E-state index contributed by atoms with van der Waals surface area (Å²) >= 11 is 6.15. The van der Waals surface area contributed by atoms with Crippen molar-refractivity contribution < 1.29 is 9.59 Å².